The van der Waals surface area contributed by atoms with Crippen molar-refractivity contribution < 1.29 is 4.39 Å². The SMILES string of the molecule is Cc1ccc(F)c(-c2nnc(CBr)n2-c2ccccc2)c1. The van der Waals surface area contributed by atoms with Crippen LogP contribution in [0.5, 0.6) is 0 Å². The highest BCUT2D eigenvalue weighted by atomic mass is 79.9. The second-order valence-corrected chi connectivity index (χ2v) is 5.29. The number of halogens is 2. The summed E-state index contributed by atoms with van der Waals surface area (Å²) in [7, 11) is 0. The zero-order valence-electron chi connectivity index (χ0n) is 11.4. The van der Waals surface area contributed by atoms with E-state index in [1.54, 1.807) is 12.1 Å². The number of benzene rings is 2. The maximum Gasteiger partial charge on any atom is 0.171 e. The van der Waals surface area contributed by atoms with E-state index in [0.29, 0.717) is 16.7 Å². The lowest BCUT2D eigenvalue weighted by Crippen LogP contribution is -2.02. The van der Waals surface area contributed by atoms with E-state index in [0.717, 1.165) is 17.1 Å². The minimum absolute atomic E-state index is 0.300. The van der Waals surface area contributed by atoms with Crippen LogP contribution in [0.2, 0.25) is 0 Å². The van der Waals surface area contributed by atoms with Crippen molar-refractivity contribution in [2.45, 2.75) is 12.3 Å². The van der Waals surface area contributed by atoms with Crippen molar-refractivity contribution in [1.82, 2.24) is 14.8 Å². The van der Waals surface area contributed by atoms with Gasteiger partial charge in [0.2, 0.25) is 0 Å². The predicted molar refractivity (Wildman–Crippen MR) is 84.1 cm³/mol. The van der Waals surface area contributed by atoms with E-state index in [1.165, 1.54) is 6.07 Å². The molecule has 0 saturated carbocycles. The highest BCUT2D eigenvalue weighted by Gasteiger charge is 2.17. The van der Waals surface area contributed by atoms with Gasteiger partial charge in [0.25, 0.3) is 0 Å². The van der Waals surface area contributed by atoms with Crippen molar-refractivity contribution in [3.8, 4) is 17.1 Å². The van der Waals surface area contributed by atoms with Crippen LogP contribution in [0.3, 0.4) is 0 Å². The topological polar surface area (TPSA) is 30.7 Å². The van der Waals surface area contributed by atoms with Gasteiger partial charge in [-0.05, 0) is 31.2 Å². The zero-order chi connectivity index (χ0) is 14.8. The lowest BCUT2D eigenvalue weighted by Gasteiger charge is -2.10. The van der Waals surface area contributed by atoms with Gasteiger partial charge in [0, 0.05) is 5.69 Å². The lowest BCUT2D eigenvalue weighted by molar-refractivity contribution is 0.629. The van der Waals surface area contributed by atoms with Gasteiger partial charge in [-0.3, -0.25) is 4.57 Å². The smallest absolute Gasteiger partial charge is 0.171 e. The number of aryl methyl sites for hydroxylation is 1. The quantitative estimate of drug-likeness (QED) is 0.663. The molecule has 0 spiro atoms. The van der Waals surface area contributed by atoms with Crippen LogP contribution in [0.4, 0.5) is 4.39 Å². The van der Waals surface area contributed by atoms with Crippen molar-refractivity contribution in [2.75, 3.05) is 0 Å². The molecule has 1 aromatic heterocycles. The van der Waals surface area contributed by atoms with E-state index >= 15 is 0 Å². The van der Waals surface area contributed by atoms with Gasteiger partial charge in [-0.1, -0.05) is 45.8 Å². The molecule has 0 aliphatic carbocycles. The Hall–Kier alpha value is -2.01. The highest BCUT2D eigenvalue weighted by Crippen LogP contribution is 2.26. The molecule has 0 aliphatic rings. The van der Waals surface area contributed by atoms with Crippen LogP contribution in [-0.2, 0) is 5.33 Å². The van der Waals surface area contributed by atoms with Crippen LogP contribution < -0.4 is 0 Å². The van der Waals surface area contributed by atoms with Gasteiger partial charge >= 0.3 is 0 Å². The van der Waals surface area contributed by atoms with Crippen molar-refractivity contribution in [3.63, 3.8) is 0 Å². The molecule has 0 bridgehead atoms. The molecule has 3 nitrogen and oxygen atoms in total. The van der Waals surface area contributed by atoms with Gasteiger partial charge in [-0.2, -0.15) is 0 Å². The molecule has 21 heavy (non-hydrogen) atoms. The maximum atomic E-state index is 14.2. The third-order valence-electron chi connectivity index (χ3n) is 3.23. The molecule has 0 fully saturated rings. The second-order valence-electron chi connectivity index (χ2n) is 4.73. The van der Waals surface area contributed by atoms with Crippen LogP contribution in [0.1, 0.15) is 11.4 Å². The molecule has 106 valence electrons. The van der Waals surface area contributed by atoms with Gasteiger partial charge < -0.3 is 0 Å². The fraction of sp³-hybridized carbons (Fsp3) is 0.125. The van der Waals surface area contributed by atoms with Gasteiger partial charge in [-0.25, -0.2) is 4.39 Å². The first-order chi connectivity index (χ1) is 10.2. The van der Waals surface area contributed by atoms with E-state index in [1.807, 2.05) is 41.8 Å². The Labute approximate surface area is 130 Å². The summed E-state index contributed by atoms with van der Waals surface area (Å²) < 4.78 is 16.0. The first-order valence-corrected chi connectivity index (χ1v) is 7.65. The lowest BCUT2D eigenvalue weighted by atomic mass is 10.1. The highest BCUT2D eigenvalue weighted by molar-refractivity contribution is 9.08. The minimum atomic E-state index is -0.300. The molecule has 2 aromatic carbocycles. The Kier molecular flexibility index (Phi) is 3.84. The summed E-state index contributed by atoms with van der Waals surface area (Å²) in [5, 5.41) is 8.88. The standard InChI is InChI=1S/C16H13BrFN3/c1-11-7-8-14(18)13(9-11)16-20-19-15(10-17)21(16)12-5-3-2-4-6-12/h2-9H,10H2,1H3. The number of aromatic nitrogens is 3. The molecule has 0 amide bonds. The third kappa shape index (κ3) is 2.61. The summed E-state index contributed by atoms with van der Waals surface area (Å²) in [5.41, 5.74) is 2.35. The zero-order valence-corrected chi connectivity index (χ0v) is 13.0. The molecule has 0 radical (unpaired) electrons. The largest absolute Gasteiger partial charge is 0.278 e. The molecule has 0 unspecified atom stereocenters. The van der Waals surface area contributed by atoms with Crippen molar-refractivity contribution in [3.05, 3.63) is 65.7 Å². The van der Waals surface area contributed by atoms with E-state index < -0.39 is 0 Å². The summed E-state index contributed by atoms with van der Waals surface area (Å²) in [6, 6.07) is 14.7. The first kappa shape index (κ1) is 13.9. The summed E-state index contributed by atoms with van der Waals surface area (Å²) in [5.74, 6) is 0.945. The third-order valence-corrected chi connectivity index (χ3v) is 3.73. The Morgan fingerprint density at radius 1 is 1.10 bits per heavy atom. The minimum Gasteiger partial charge on any atom is -0.278 e. The molecular formula is C16H13BrFN3. The van der Waals surface area contributed by atoms with E-state index in [9.17, 15) is 4.39 Å². The fourth-order valence-electron chi connectivity index (χ4n) is 2.24. The van der Waals surface area contributed by atoms with Gasteiger partial charge in [0.05, 0.1) is 10.9 Å². The number of rotatable bonds is 3. The summed E-state index contributed by atoms with van der Waals surface area (Å²) in [6.45, 7) is 1.93. The first-order valence-electron chi connectivity index (χ1n) is 6.53. The summed E-state index contributed by atoms with van der Waals surface area (Å²) in [4.78, 5) is 0. The average Bonchev–Trinajstić information content (AvgIpc) is 2.94. The maximum absolute atomic E-state index is 14.2. The molecule has 3 aromatic rings. The van der Waals surface area contributed by atoms with Crippen molar-refractivity contribution in [1.29, 1.82) is 0 Å². The fourth-order valence-corrected chi connectivity index (χ4v) is 2.60. The normalized spacial score (nSPS) is 10.8. The molecule has 1 heterocycles. The molecule has 5 heteroatoms. The Balaban J connectivity index is 2.25. The van der Waals surface area contributed by atoms with Crippen LogP contribution >= 0.6 is 15.9 Å². The van der Waals surface area contributed by atoms with Crippen LogP contribution in [0.15, 0.2) is 48.5 Å². The molecule has 3 rings (SSSR count). The average molecular weight is 346 g/mol. The van der Waals surface area contributed by atoms with E-state index in [4.69, 9.17) is 0 Å². The summed E-state index contributed by atoms with van der Waals surface area (Å²) >= 11 is 3.41. The van der Waals surface area contributed by atoms with Gasteiger partial charge in [0.1, 0.15) is 11.6 Å². The number of hydrogen-bond acceptors (Lipinski definition) is 2. The predicted octanol–water partition coefficient (Wildman–Crippen LogP) is 4.28. The summed E-state index contributed by atoms with van der Waals surface area (Å²) in [6.07, 6.45) is 0. The molecule has 0 aliphatic heterocycles. The number of alkyl halides is 1. The van der Waals surface area contributed by atoms with E-state index in [2.05, 4.69) is 26.1 Å². The Morgan fingerprint density at radius 3 is 2.57 bits per heavy atom. The molecule has 0 saturated heterocycles. The molecular weight excluding hydrogens is 333 g/mol. The van der Waals surface area contributed by atoms with Crippen LogP contribution in [0, 0.1) is 12.7 Å². The molecule has 0 N–H and O–H groups in total. The van der Waals surface area contributed by atoms with Gasteiger partial charge in [0.15, 0.2) is 5.82 Å². The van der Waals surface area contributed by atoms with E-state index in [-0.39, 0.29) is 5.82 Å². The number of hydrogen-bond donors (Lipinski definition) is 0. The number of nitrogens with zero attached hydrogens (tertiary/aromatic N) is 3. The Bertz CT molecular complexity index is 768. The second kappa shape index (κ2) is 5.77. The van der Waals surface area contributed by atoms with Crippen LogP contribution in [0.25, 0.3) is 17.1 Å². The van der Waals surface area contributed by atoms with Crippen LogP contribution in [-0.4, -0.2) is 14.8 Å². The van der Waals surface area contributed by atoms with Crippen molar-refractivity contribution in [2.24, 2.45) is 0 Å². The Morgan fingerprint density at radius 2 is 1.86 bits per heavy atom. The van der Waals surface area contributed by atoms with Crippen molar-refractivity contribution >= 4 is 15.9 Å². The molecule has 0 atom stereocenters. The monoisotopic (exact) mass is 345 g/mol. The van der Waals surface area contributed by atoms with Gasteiger partial charge in [-0.15, -0.1) is 10.2 Å². The number of para-hydroxylation sites is 1.